The van der Waals surface area contributed by atoms with Gasteiger partial charge in [0.2, 0.25) is 0 Å². The van der Waals surface area contributed by atoms with E-state index in [0.717, 1.165) is 5.56 Å². The van der Waals surface area contributed by atoms with Crippen molar-refractivity contribution < 1.29 is 8.78 Å². The van der Waals surface area contributed by atoms with Crippen LogP contribution in [0.1, 0.15) is 5.56 Å². The van der Waals surface area contributed by atoms with Gasteiger partial charge in [0, 0.05) is 11.6 Å². The lowest BCUT2D eigenvalue weighted by molar-refractivity contribution is 0.589. The van der Waals surface area contributed by atoms with E-state index in [4.69, 9.17) is 11.6 Å². The summed E-state index contributed by atoms with van der Waals surface area (Å²) in [6, 6.07) is 8.87. The zero-order chi connectivity index (χ0) is 13.1. The van der Waals surface area contributed by atoms with Crippen LogP contribution in [0.5, 0.6) is 0 Å². The van der Waals surface area contributed by atoms with Crippen LogP contribution in [0.3, 0.4) is 0 Å². The van der Waals surface area contributed by atoms with Gasteiger partial charge in [-0.2, -0.15) is 0 Å². The minimum absolute atomic E-state index is 0.0368. The second-order valence-corrected chi connectivity index (χ2v) is 4.36. The van der Waals surface area contributed by atoms with Crippen molar-refractivity contribution in [3.8, 4) is 11.1 Å². The molecular formula is C14H12ClF2N. The molecule has 4 heteroatoms. The molecule has 0 heterocycles. The first-order chi connectivity index (χ1) is 8.63. The van der Waals surface area contributed by atoms with Gasteiger partial charge < -0.3 is 5.32 Å². The number of rotatable bonds is 3. The highest BCUT2D eigenvalue weighted by Crippen LogP contribution is 2.31. The zero-order valence-electron chi connectivity index (χ0n) is 9.81. The summed E-state index contributed by atoms with van der Waals surface area (Å²) in [6.07, 6.45) is 0. The van der Waals surface area contributed by atoms with Crippen molar-refractivity contribution >= 4 is 11.6 Å². The Morgan fingerprint density at radius 2 is 1.78 bits per heavy atom. The highest BCUT2D eigenvalue weighted by Gasteiger charge is 2.14. The Morgan fingerprint density at radius 3 is 2.39 bits per heavy atom. The summed E-state index contributed by atoms with van der Waals surface area (Å²) in [6.45, 7) is 0.514. The zero-order valence-corrected chi connectivity index (χ0v) is 10.6. The Kier molecular flexibility index (Phi) is 3.94. The molecule has 0 aliphatic carbocycles. The third-order valence-electron chi connectivity index (χ3n) is 2.67. The molecule has 0 aliphatic rings. The Bertz CT molecular complexity index is 549. The summed E-state index contributed by atoms with van der Waals surface area (Å²) in [5.41, 5.74) is 1.24. The molecule has 0 unspecified atom stereocenters. The maximum Gasteiger partial charge on any atom is 0.133 e. The van der Waals surface area contributed by atoms with Crippen LogP contribution in [0.25, 0.3) is 11.1 Å². The van der Waals surface area contributed by atoms with Crippen LogP contribution in [0.4, 0.5) is 8.78 Å². The molecule has 0 fully saturated rings. The van der Waals surface area contributed by atoms with Crippen LogP contribution in [0, 0.1) is 11.6 Å². The number of hydrogen-bond donors (Lipinski definition) is 1. The predicted molar refractivity (Wildman–Crippen MR) is 69.6 cm³/mol. The van der Waals surface area contributed by atoms with Gasteiger partial charge in [0.25, 0.3) is 0 Å². The molecule has 1 nitrogen and oxygen atoms in total. The smallest absolute Gasteiger partial charge is 0.133 e. The fraction of sp³-hybridized carbons (Fsp3) is 0.143. The fourth-order valence-electron chi connectivity index (χ4n) is 1.88. The Balaban J connectivity index is 2.65. The molecule has 0 amide bonds. The largest absolute Gasteiger partial charge is 0.316 e. The molecular weight excluding hydrogens is 256 g/mol. The van der Waals surface area contributed by atoms with Crippen LogP contribution < -0.4 is 5.32 Å². The van der Waals surface area contributed by atoms with E-state index in [1.165, 1.54) is 18.2 Å². The summed E-state index contributed by atoms with van der Waals surface area (Å²) in [5.74, 6) is -1.18. The SMILES string of the molecule is CNCc1ccc(Cl)cc1-c1c(F)cccc1F. The molecule has 0 saturated carbocycles. The van der Waals surface area contributed by atoms with Crippen LogP contribution in [-0.2, 0) is 6.54 Å². The summed E-state index contributed by atoms with van der Waals surface area (Å²) >= 11 is 5.91. The molecule has 0 spiro atoms. The van der Waals surface area contributed by atoms with Crippen molar-refractivity contribution in [2.45, 2.75) is 6.54 Å². The van der Waals surface area contributed by atoms with Gasteiger partial charge in [0.1, 0.15) is 11.6 Å². The second-order valence-electron chi connectivity index (χ2n) is 3.93. The number of benzene rings is 2. The predicted octanol–water partition coefficient (Wildman–Crippen LogP) is 4.00. The third kappa shape index (κ3) is 2.52. The highest BCUT2D eigenvalue weighted by molar-refractivity contribution is 6.30. The Morgan fingerprint density at radius 1 is 1.11 bits per heavy atom. The molecule has 1 N–H and O–H groups in total. The first-order valence-electron chi connectivity index (χ1n) is 5.51. The molecule has 94 valence electrons. The number of hydrogen-bond acceptors (Lipinski definition) is 1. The maximum atomic E-state index is 13.8. The van der Waals surface area contributed by atoms with E-state index < -0.39 is 11.6 Å². The first-order valence-corrected chi connectivity index (χ1v) is 5.88. The molecule has 2 rings (SSSR count). The van der Waals surface area contributed by atoms with Crippen molar-refractivity contribution in [3.63, 3.8) is 0 Å². The average Bonchev–Trinajstić information content (AvgIpc) is 2.32. The monoisotopic (exact) mass is 267 g/mol. The third-order valence-corrected chi connectivity index (χ3v) is 2.91. The molecule has 2 aromatic carbocycles. The van der Waals surface area contributed by atoms with Crippen molar-refractivity contribution in [2.75, 3.05) is 7.05 Å². The van der Waals surface area contributed by atoms with Crippen molar-refractivity contribution in [1.82, 2.24) is 5.32 Å². The molecule has 18 heavy (non-hydrogen) atoms. The van der Waals surface area contributed by atoms with Crippen LogP contribution in [-0.4, -0.2) is 7.05 Å². The van der Waals surface area contributed by atoms with Gasteiger partial charge in [0.15, 0.2) is 0 Å². The number of nitrogens with one attached hydrogen (secondary N) is 1. The van der Waals surface area contributed by atoms with Gasteiger partial charge in [-0.25, -0.2) is 8.78 Å². The second kappa shape index (κ2) is 5.46. The van der Waals surface area contributed by atoms with E-state index in [-0.39, 0.29) is 5.56 Å². The Labute approximate surface area is 109 Å². The summed E-state index contributed by atoms with van der Waals surface area (Å²) in [7, 11) is 1.77. The standard InChI is InChI=1S/C14H12ClF2N/c1-18-8-9-5-6-10(15)7-11(9)14-12(16)3-2-4-13(14)17/h2-7,18H,8H2,1H3. The van der Waals surface area contributed by atoms with Gasteiger partial charge in [-0.1, -0.05) is 23.7 Å². The van der Waals surface area contributed by atoms with Gasteiger partial charge in [-0.05, 0) is 42.4 Å². The van der Waals surface area contributed by atoms with Gasteiger partial charge in [-0.3, -0.25) is 0 Å². The lowest BCUT2D eigenvalue weighted by Gasteiger charge is -2.11. The van der Waals surface area contributed by atoms with Crippen molar-refractivity contribution in [1.29, 1.82) is 0 Å². The Hall–Kier alpha value is -1.45. The van der Waals surface area contributed by atoms with Gasteiger partial charge in [0.05, 0.1) is 5.56 Å². The lowest BCUT2D eigenvalue weighted by atomic mass is 9.98. The minimum Gasteiger partial charge on any atom is -0.316 e. The van der Waals surface area contributed by atoms with E-state index >= 15 is 0 Å². The van der Waals surface area contributed by atoms with Crippen molar-refractivity contribution in [3.05, 3.63) is 58.6 Å². The topological polar surface area (TPSA) is 12.0 Å². The van der Waals surface area contributed by atoms with Gasteiger partial charge in [-0.15, -0.1) is 0 Å². The normalized spacial score (nSPS) is 10.7. The first kappa shape index (κ1) is 13.0. The summed E-state index contributed by atoms with van der Waals surface area (Å²) in [5, 5.41) is 3.42. The molecule has 0 aromatic heterocycles. The average molecular weight is 268 g/mol. The molecule has 0 saturated heterocycles. The summed E-state index contributed by atoms with van der Waals surface area (Å²) < 4.78 is 27.6. The number of halogens is 3. The molecule has 0 aliphatic heterocycles. The van der Waals surface area contributed by atoms with Crippen molar-refractivity contribution in [2.24, 2.45) is 0 Å². The lowest BCUT2D eigenvalue weighted by Crippen LogP contribution is -2.07. The molecule has 0 atom stereocenters. The highest BCUT2D eigenvalue weighted by atomic mass is 35.5. The van der Waals surface area contributed by atoms with E-state index in [1.807, 2.05) is 0 Å². The summed E-state index contributed by atoms with van der Waals surface area (Å²) in [4.78, 5) is 0. The molecule has 0 radical (unpaired) electrons. The maximum absolute atomic E-state index is 13.8. The van der Waals surface area contributed by atoms with E-state index in [1.54, 1.807) is 25.2 Å². The van der Waals surface area contributed by atoms with Crippen LogP contribution >= 0.6 is 11.6 Å². The van der Waals surface area contributed by atoms with E-state index in [9.17, 15) is 8.78 Å². The van der Waals surface area contributed by atoms with Crippen LogP contribution in [0.15, 0.2) is 36.4 Å². The molecule has 0 bridgehead atoms. The van der Waals surface area contributed by atoms with E-state index in [0.29, 0.717) is 17.1 Å². The van der Waals surface area contributed by atoms with Crippen LogP contribution in [0.2, 0.25) is 5.02 Å². The van der Waals surface area contributed by atoms with Gasteiger partial charge >= 0.3 is 0 Å². The fourth-order valence-corrected chi connectivity index (χ4v) is 2.05. The minimum atomic E-state index is -0.588. The van der Waals surface area contributed by atoms with E-state index in [2.05, 4.69) is 5.32 Å². The quantitative estimate of drug-likeness (QED) is 0.886. The molecule has 2 aromatic rings.